The van der Waals surface area contributed by atoms with Gasteiger partial charge in [-0.3, -0.25) is 4.79 Å². The lowest BCUT2D eigenvalue weighted by Gasteiger charge is -2.15. The topological polar surface area (TPSA) is 47.6 Å². The van der Waals surface area contributed by atoms with E-state index >= 15 is 0 Å². The standard InChI is InChI=1S/C18H20FNO3/c1-13-3-7-16(8-4-13)22-11-14(2)20-18(21)12-23-17-9-5-15(19)6-10-17/h3-10,14H,11-12H2,1-2H3,(H,20,21)/t14-/m1/s1. The van der Waals surface area contributed by atoms with Crippen molar-refractivity contribution < 1.29 is 18.7 Å². The van der Waals surface area contributed by atoms with Crippen LogP contribution in [-0.4, -0.2) is 25.2 Å². The lowest BCUT2D eigenvalue weighted by molar-refractivity contribution is -0.123. The molecule has 5 heteroatoms. The molecule has 1 atom stereocenters. The molecule has 1 N–H and O–H groups in total. The first-order valence-electron chi connectivity index (χ1n) is 7.40. The Balaban J connectivity index is 1.69. The molecule has 1 amide bonds. The normalized spacial score (nSPS) is 11.6. The Morgan fingerprint density at radius 3 is 2.26 bits per heavy atom. The van der Waals surface area contributed by atoms with Gasteiger partial charge in [-0.05, 0) is 50.2 Å². The number of halogens is 1. The number of hydrogen-bond donors (Lipinski definition) is 1. The summed E-state index contributed by atoms with van der Waals surface area (Å²) in [6.07, 6.45) is 0. The molecule has 0 unspecified atom stereocenters. The molecule has 2 aromatic carbocycles. The van der Waals surface area contributed by atoms with E-state index in [1.807, 2.05) is 38.1 Å². The Labute approximate surface area is 135 Å². The first-order valence-corrected chi connectivity index (χ1v) is 7.40. The van der Waals surface area contributed by atoms with Gasteiger partial charge < -0.3 is 14.8 Å². The SMILES string of the molecule is Cc1ccc(OC[C@@H](C)NC(=O)COc2ccc(F)cc2)cc1. The van der Waals surface area contributed by atoms with E-state index in [9.17, 15) is 9.18 Å². The summed E-state index contributed by atoms with van der Waals surface area (Å²) in [5, 5.41) is 2.78. The largest absolute Gasteiger partial charge is 0.491 e. The highest BCUT2D eigenvalue weighted by Crippen LogP contribution is 2.12. The molecule has 4 nitrogen and oxygen atoms in total. The Kier molecular flexibility index (Phi) is 5.97. The van der Waals surface area contributed by atoms with Crippen molar-refractivity contribution >= 4 is 5.91 Å². The number of amides is 1. The third-order valence-electron chi connectivity index (χ3n) is 3.11. The van der Waals surface area contributed by atoms with E-state index in [4.69, 9.17) is 9.47 Å². The molecule has 0 fully saturated rings. The van der Waals surface area contributed by atoms with Crippen molar-refractivity contribution in [1.82, 2.24) is 5.32 Å². The van der Waals surface area contributed by atoms with Gasteiger partial charge in [0.15, 0.2) is 6.61 Å². The van der Waals surface area contributed by atoms with Crippen molar-refractivity contribution in [2.45, 2.75) is 19.9 Å². The number of nitrogens with one attached hydrogen (secondary N) is 1. The van der Waals surface area contributed by atoms with Gasteiger partial charge in [0.2, 0.25) is 0 Å². The highest BCUT2D eigenvalue weighted by Gasteiger charge is 2.09. The fourth-order valence-electron chi connectivity index (χ4n) is 1.89. The molecule has 2 rings (SSSR count). The number of benzene rings is 2. The summed E-state index contributed by atoms with van der Waals surface area (Å²) in [7, 11) is 0. The number of carbonyl (C=O) groups is 1. The molecule has 0 aliphatic heterocycles. The van der Waals surface area contributed by atoms with Crippen LogP contribution in [-0.2, 0) is 4.79 Å². The molecule has 0 aromatic heterocycles. The van der Waals surface area contributed by atoms with E-state index in [0.29, 0.717) is 12.4 Å². The number of ether oxygens (including phenoxy) is 2. The van der Waals surface area contributed by atoms with Crippen LogP contribution >= 0.6 is 0 Å². The van der Waals surface area contributed by atoms with Crippen LogP contribution in [0.15, 0.2) is 48.5 Å². The molecule has 0 aliphatic rings. The molecule has 0 radical (unpaired) electrons. The summed E-state index contributed by atoms with van der Waals surface area (Å²) in [6, 6.07) is 13.1. The van der Waals surface area contributed by atoms with Crippen molar-refractivity contribution in [3.05, 3.63) is 59.9 Å². The zero-order chi connectivity index (χ0) is 16.7. The van der Waals surface area contributed by atoms with Crippen molar-refractivity contribution in [3.63, 3.8) is 0 Å². The predicted molar refractivity (Wildman–Crippen MR) is 86.2 cm³/mol. The first-order chi connectivity index (χ1) is 11.0. The van der Waals surface area contributed by atoms with Crippen molar-refractivity contribution in [2.24, 2.45) is 0 Å². The molecule has 2 aromatic rings. The minimum Gasteiger partial charge on any atom is -0.491 e. The summed E-state index contributed by atoms with van der Waals surface area (Å²) in [5.74, 6) is 0.613. The van der Waals surface area contributed by atoms with E-state index in [-0.39, 0.29) is 24.4 Å². The van der Waals surface area contributed by atoms with Gasteiger partial charge >= 0.3 is 0 Å². The van der Waals surface area contributed by atoms with Gasteiger partial charge in [-0.1, -0.05) is 17.7 Å². The Bertz CT molecular complexity index is 626. The molecule has 122 valence electrons. The maximum atomic E-state index is 12.8. The zero-order valence-electron chi connectivity index (χ0n) is 13.2. The Morgan fingerprint density at radius 1 is 1.04 bits per heavy atom. The number of rotatable bonds is 7. The fourth-order valence-corrected chi connectivity index (χ4v) is 1.89. The Hall–Kier alpha value is -2.56. The fraction of sp³-hybridized carbons (Fsp3) is 0.278. The summed E-state index contributed by atoms with van der Waals surface area (Å²) in [4.78, 5) is 11.8. The van der Waals surface area contributed by atoms with Gasteiger partial charge in [-0.25, -0.2) is 4.39 Å². The maximum Gasteiger partial charge on any atom is 0.258 e. The molecule has 23 heavy (non-hydrogen) atoms. The molecular formula is C18H20FNO3. The van der Waals surface area contributed by atoms with E-state index in [1.54, 1.807) is 0 Å². The van der Waals surface area contributed by atoms with Crippen molar-refractivity contribution in [3.8, 4) is 11.5 Å². The molecular weight excluding hydrogens is 297 g/mol. The second-order valence-electron chi connectivity index (χ2n) is 5.34. The van der Waals surface area contributed by atoms with E-state index in [2.05, 4.69) is 5.32 Å². The zero-order valence-corrected chi connectivity index (χ0v) is 13.2. The van der Waals surface area contributed by atoms with Crippen LogP contribution < -0.4 is 14.8 Å². The van der Waals surface area contributed by atoms with Crippen molar-refractivity contribution in [1.29, 1.82) is 0 Å². The van der Waals surface area contributed by atoms with Crippen LogP contribution in [0.5, 0.6) is 11.5 Å². The van der Waals surface area contributed by atoms with Crippen LogP contribution in [0.3, 0.4) is 0 Å². The molecule has 0 bridgehead atoms. The Morgan fingerprint density at radius 2 is 1.61 bits per heavy atom. The molecule has 0 spiro atoms. The summed E-state index contributed by atoms with van der Waals surface area (Å²) >= 11 is 0. The van der Waals surface area contributed by atoms with Crippen LogP contribution in [0, 0.1) is 12.7 Å². The third-order valence-corrected chi connectivity index (χ3v) is 3.11. The van der Waals surface area contributed by atoms with E-state index in [0.717, 1.165) is 11.3 Å². The predicted octanol–water partition coefficient (Wildman–Crippen LogP) is 3.10. The van der Waals surface area contributed by atoms with Gasteiger partial charge in [0.25, 0.3) is 5.91 Å². The number of carbonyl (C=O) groups excluding carboxylic acids is 1. The lowest BCUT2D eigenvalue weighted by atomic mass is 10.2. The summed E-state index contributed by atoms with van der Waals surface area (Å²) < 4.78 is 23.6. The molecule has 0 saturated carbocycles. The molecule has 0 saturated heterocycles. The van der Waals surface area contributed by atoms with Gasteiger partial charge in [-0.15, -0.1) is 0 Å². The van der Waals surface area contributed by atoms with Crippen LogP contribution in [0.1, 0.15) is 12.5 Å². The number of hydrogen-bond acceptors (Lipinski definition) is 3. The van der Waals surface area contributed by atoms with Gasteiger partial charge in [0, 0.05) is 0 Å². The van der Waals surface area contributed by atoms with Crippen LogP contribution in [0.2, 0.25) is 0 Å². The smallest absolute Gasteiger partial charge is 0.258 e. The molecule has 0 aliphatic carbocycles. The average molecular weight is 317 g/mol. The van der Waals surface area contributed by atoms with Crippen LogP contribution in [0.4, 0.5) is 4.39 Å². The minimum absolute atomic E-state index is 0.124. The summed E-state index contributed by atoms with van der Waals surface area (Å²) in [5.41, 5.74) is 1.16. The first kappa shape index (κ1) is 16.8. The number of aryl methyl sites for hydroxylation is 1. The monoisotopic (exact) mass is 317 g/mol. The second kappa shape index (κ2) is 8.17. The lowest BCUT2D eigenvalue weighted by Crippen LogP contribution is -2.39. The van der Waals surface area contributed by atoms with Gasteiger partial charge in [-0.2, -0.15) is 0 Å². The highest BCUT2D eigenvalue weighted by molar-refractivity contribution is 5.77. The minimum atomic E-state index is -0.344. The second-order valence-corrected chi connectivity index (χ2v) is 5.34. The third kappa shape index (κ3) is 5.98. The quantitative estimate of drug-likeness (QED) is 0.853. The molecule has 0 heterocycles. The van der Waals surface area contributed by atoms with Gasteiger partial charge in [0.05, 0.1) is 6.04 Å². The van der Waals surface area contributed by atoms with Crippen LogP contribution in [0.25, 0.3) is 0 Å². The van der Waals surface area contributed by atoms with E-state index < -0.39 is 0 Å². The van der Waals surface area contributed by atoms with E-state index in [1.165, 1.54) is 24.3 Å². The highest BCUT2D eigenvalue weighted by atomic mass is 19.1. The maximum absolute atomic E-state index is 12.8. The summed E-state index contributed by atoms with van der Waals surface area (Å²) in [6.45, 7) is 4.10. The average Bonchev–Trinajstić information content (AvgIpc) is 2.54. The van der Waals surface area contributed by atoms with Crippen molar-refractivity contribution in [2.75, 3.05) is 13.2 Å². The van der Waals surface area contributed by atoms with Gasteiger partial charge in [0.1, 0.15) is 23.9 Å².